The average Bonchev–Trinajstić information content (AvgIpc) is 0.760. The number of nitrogens with zero attached hydrogens (tertiary/aromatic N) is 2. The van der Waals surface area contributed by atoms with Crippen molar-refractivity contribution >= 4 is 117 Å². The zero-order valence-electron chi connectivity index (χ0n) is 72.9. The summed E-state index contributed by atoms with van der Waals surface area (Å²) in [4.78, 5) is 157. The maximum Gasteiger partial charge on any atom is 0.251 e. The van der Waals surface area contributed by atoms with Crippen molar-refractivity contribution < 1.29 is 77.2 Å². The summed E-state index contributed by atoms with van der Waals surface area (Å²) in [5.41, 5.74) is 9.04. The normalized spacial score (nSPS) is 15.1. The second-order valence-corrected chi connectivity index (χ2v) is 31.4. The zero-order valence-corrected chi connectivity index (χ0v) is 72.9. The summed E-state index contributed by atoms with van der Waals surface area (Å²) in [7, 11) is 7.54. The standard InChI is InChI=1S/C84H130N24O16/c1-48(85)92-36-15-22-62(68(109)46-100-72(111)28-12-11-13-35-99-83(120)75-74(112)69(110)47-123-75)101-78(115)64(24-17-38-94-50(3)87)103-80(117)66(26-19-40-96-52(5)89)105-82(119)67(27-20-41-97-53(6)90)106-81(118)65(25-18-39-95-51(4)88)104-79(116)63(23-16-37-93-49(2)86)102-77(114)61(91)21-14-42-98-76(113)54-29-32-57(60(43-54)84(121)122)73-58-33-30-55(107(7)8)44-70(58)124-71-45-56(108(9)10)31-34-59(71)73/h29-34,43-45,61-67,69,74-75,110,112H,11-28,35-42,46-47,91H2,1-10H3,(H21-,85,86,87,88,89,90,92,93,94,95,96,97,98,99,100,101,102,103,104,105,106,111,113,114,115,116,117,118,119,120,121,122)/t61?,62?,63?,64?,65?,66?,67?,69-,74-,75-/m0/s1. The first-order valence-electron chi connectivity index (χ1n) is 42.0. The number of carboxylic acids is 1. The Kier molecular flexibility index (Phi) is 43.9. The van der Waals surface area contributed by atoms with E-state index in [1.165, 1.54) is 53.7 Å². The van der Waals surface area contributed by atoms with Crippen LogP contribution in [0.4, 0.5) is 5.69 Å². The molecule has 0 spiro atoms. The van der Waals surface area contributed by atoms with E-state index < -0.39 is 132 Å². The van der Waals surface area contributed by atoms with Crippen LogP contribution in [0.2, 0.25) is 0 Å². The molecule has 2 aromatic rings. The number of unbranched alkanes of at least 4 members (excludes halogenated alkanes) is 2. The van der Waals surface area contributed by atoms with Gasteiger partial charge in [0.05, 0.1) is 72.3 Å². The Bertz CT molecular complexity index is 4430. The number of aliphatic hydroxyl groups excluding tert-OH is 2. The quantitative estimate of drug-likeness (QED) is 0.00837. The van der Waals surface area contributed by atoms with Crippen molar-refractivity contribution in [3.63, 3.8) is 0 Å². The van der Waals surface area contributed by atoms with Crippen LogP contribution < -0.4 is 105 Å². The van der Waals surface area contributed by atoms with Gasteiger partial charge in [-0.1, -0.05) is 12.5 Å². The molecule has 0 aromatic heterocycles. The fourth-order valence-electron chi connectivity index (χ4n) is 13.5. The summed E-state index contributed by atoms with van der Waals surface area (Å²) < 4.78 is 13.5. The van der Waals surface area contributed by atoms with Crippen LogP contribution in [-0.4, -0.2) is 264 Å². The van der Waals surface area contributed by atoms with Gasteiger partial charge in [0.25, 0.3) is 11.8 Å². The van der Waals surface area contributed by atoms with Crippen LogP contribution in [0, 0.1) is 32.5 Å². The number of nitrogens with two attached hydrogens (primary N) is 1. The number of carbonyl (C=O) groups is 11. The van der Waals surface area contributed by atoms with E-state index in [-0.39, 0.29) is 207 Å². The molecule has 5 rings (SSSR count). The number of hydrogen-bond donors (Lipinski definition) is 24. The first kappa shape index (κ1) is 103. The van der Waals surface area contributed by atoms with E-state index in [1.54, 1.807) is 6.07 Å². The smallest absolute Gasteiger partial charge is 0.251 e. The van der Waals surface area contributed by atoms with Crippen molar-refractivity contribution in [2.24, 2.45) is 5.73 Å². The van der Waals surface area contributed by atoms with Crippen LogP contribution in [0.5, 0.6) is 0 Å². The predicted octanol–water partition coefficient (Wildman–Crippen LogP) is -0.904. The van der Waals surface area contributed by atoms with Crippen molar-refractivity contribution in [1.29, 1.82) is 32.5 Å². The molecule has 25 N–H and O–H groups in total. The van der Waals surface area contributed by atoms with Crippen LogP contribution in [0.15, 0.2) is 59.0 Å². The highest BCUT2D eigenvalue weighted by Gasteiger charge is 2.40. The number of carbonyl (C=O) groups excluding carboxylic acids is 11. The van der Waals surface area contributed by atoms with Crippen LogP contribution in [0.25, 0.3) is 33.4 Å². The molecule has 0 saturated carbocycles. The Balaban J connectivity index is 1.35. The summed E-state index contributed by atoms with van der Waals surface area (Å²) >= 11 is 0. The van der Waals surface area contributed by atoms with E-state index in [0.29, 0.717) is 47.1 Å². The minimum Gasteiger partial charge on any atom is -0.545 e. The molecule has 124 heavy (non-hydrogen) atoms. The van der Waals surface area contributed by atoms with Crippen molar-refractivity contribution in [1.82, 2.24) is 84.3 Å². The first-order chi connectivity index (χ1) is 58.8. The van der Waals surface area contributed by atoms with E-state index >= 15 is 4.79 Å². The second-order valence-electron chi connectivity index (χ2n) is 31.4. The molecule has 0 bridgehead atoms. The molecular weight excluding hydrogens is 1600 g/mol. The third kappa shape index (κ3) is 35.8. The van der Waals surface area contributed by atoms with Gasteiger partial charge < -0.3 is 120 Å². The highest BCUT2D eigenvalue weighted by atomic mass is 16.5. The summed E-state index contributed by atoms with van der Waals surface area (Å²) in [5, 5.41) is 124. The topological polar surface area (TPSA) is 629 Å². The molecule has 10 atom stereocenters. The minimum absolute atomic E-state index is 0.00779. The lowest BCUT2D eigenvalue weighted by atomic mass is 9.89. The number of benzene rings is 3. The Morgan fingerprint density at radius 2 is 0.895 bits per heavy atom. The molecule has 40 heteroatoms. The predicted molar refractivity (Wildman–Crippen MR) is 470 cm³/mol. The number of ketones is 1. The highest BCUT2D eigenvalue weighted by Crippen LogP contribution is 2.42. The summed E-state index contributed by atoms with van der Waals surface area (Å²) in [5.74, 6) is -7.65. The average molecular weight is 1730 g/mol. The summed E-state index contributed by atoms with van der Waals surface area (Å²) in [6.45, 7) is 9.65. The molecule has 7 unspecified atom stereocenters. The van der Waals surface area contributed by atoms with Crippen LogP contribution in [-0.2, 0) is 47.9 Å². The van der Waals surface area contributed by atoms with Gasteiger partial charge in [0.2, 0.25) is 46.7 Å². The number of hydrogen-bond acceptors (Lipinski definition) is 24. The van der Waals surface area contributed by atoms with Gasteiger partial charge in [0.15, 0.2) is 11.9 Å². The fraction of sp³-hybridized carbons (Fsp3) is 0.571. The van der Waals surface area contributed by atoms with Crippen molar-refractivity contribution in [2.75, 3.05) is 98.6 Å². The molecule has 1 fully saturated rings. The third-order valence-corrected chi connectivity index (χ3v) is 20.3. The van der Waals surface area contributed by atoms with E-state index in [2.05, 4.69) is 79.8 Å². The van der Waals surface area contributed by atoms with Gasteiger partial charge in [-0.15, -0.1) is 0 Å². The molecule has 2 heterocycles. The van der Waals surface area contributed by atoms with Gasteiger partial charge in [-0.2, -0.15) is 0 Å². The fourth-order valence-corrected chi connectivity index (χ4v) is 13.5. The summed E-state index contributed by atoms with van der Waals surface area (Å²) in [6, 6.07) is 5.88. The Hall–Kier alpha value is -12.0. The SMILES string of the molecule is CC(=N)NCCCC(NC(=O)C(CCCNC(C)=N)NC(=O)C(CCCNC(C)=N)NC(=O)C(CCCNC(C)=N)NC(=O)C(CCCNC(C)=N)NC(=O)C(CCCNC(C)=N)NC(=O)C(N)CCCNC(=O)c1ccc(-c2c3ccc(=[N+](C)C)cc-3oc3cc(N(C)C)ccc23)c(C(=O)[O-])c1)C(=O)CNC(=O)CCCCCNC(=O)[C@H]1OC[C@H](O)[C@@H]1O. The van der Waals surface area contributed by atoms with Crippen molar-refractivity contribution in [3.8, 4) is 22.5 Å². The van der Waals surface area contributed by atoms with Gasteiger partial charge in [-0.3, -0.25) is 80.4 Å². The number of fused-ring (bicyclic) bond motifs is 2. The van der Waals surface area contributed by atoms with Gasteiger partial charge in [-0.25, -0.2) is 4.58 Å². The lowest BCUT2D eigenvalue weighted by molar-refractivity contribution is -0.255. The zero-order chi connectivity index (χ0) is 91.7. The lowest BCUT2D eigenvalue weighted by Gasteiger charge is -2.28. The molecule has 1 saturated heterocycles. The monoisotopic (exact) mass is 1730 g/mol. The number of aliphatic hydroxyl groups is 2. The molecule has 40 nitrogen and oxygen atoms in total. The van der Waals surface area contributed by atoms with Crippen LogP contribution >= 0.6 is 0 Å². The van der Waals surface area contributed by atoms with Crippen molar-refractivity contribution in [2.45, 2.75) is 218 Å². The number of Topliss-reactive ketones (excluding diaryl/α,β-unsaturated/α-hetero) is 1. The number of amidine groups is 6. The van der Waals surface area contributed by atoms with Gasteiger partial charge in [0, 0.05) is 118 Å². The molecule has 9 amide bonds. The number of amides is 9. The van der Waals surface area contributed by atoms with Gasteiger partial charge in [0.1, 0.15) is 67.9 Å². The lowest BCUT2D eigenvalue weighted by Crippen LogP contribution is -2.60. The molecule has 0 radical (unpaired) electrons. The first-order valence-corrected chi connectivity index (χ1v) is 42.0. The van der Waals surface area contributed by atoms with Crippen molar-refractivity contribution in [3.05, 3.63) is 71.1 Å². The van der Waals surface area contributed by atoms with Gasteiger partial charge in [-0.05, 0) is 180 Å². The Morgan fingerprint density at radius 1 is 0.484 bits per heavy atom. The van der Waals surface area contributed by atoms with E-state index in [9.17, 15) is 63.3 Å². The maximum absolute atomic E-state index is 15.0. The molecule has 1 aliphatic carbocycles. The molecule has 2 aromatic carbocycles. The maximum atomic E-state index is 15.0. The van der Waals surface area contributed by atoms with Gasteiger partial charge >= 0.3 is 0 Å². The highest BCUT2D eigenvalue weighted by molar-refractivity contribution is 6.09. The number of rotatable bonds is 54. The summed E-state index contributed by atoms with van der Waals surface area (Å²) in [6.07, 6.45) is -1.52. The molecular formula is C84H130N24O16. The van der Waals surface area contributed by atoms with E-state index in [0.717, 1.165) is 11.0 Å². The van der Waals surface area contributed by atoms with E-state index in [1.807, 2.05) is 74.1 Å². The van der Waals surface area contributed by atoms with Crippen LogP contribution in [0.1, 0.15) is 178 Å². The Labute approximate surface area is 723 Å². The number of ether oxygens (including phenoxy) is 1. The largest absolute Gasteiger partial charge is 0.545 e. The minimum atomic E-state index is -1.53. The third-order valence-electron chi connectivity index (χ3n) is 20.3. The molecule has 3 aliphatic rings. The number of carboxylic acid groups (broad SMARTS) is 1. The number of nitrogens with one attached hydrogen (secondary N) is 21. The number of anilines is 1. The van der Waals surface area contributed by atoms with E-state index in [4.69, 9.17) is 47.3 Å². The molecule has 2 aliphatic heterocycles. The second kappa shape index (κ2) is 53.1. The van der Waals surface area contributed by atoms with Crippen LogP contribution in [0.3, 0.4) is 0 Å². The number of aromatic carboxylic acids is 1. The molecule has 682 valence electrons. The Morgan fingerprint density at radius 3 is 1.31 bits per heavy atom.